The van der Waals surface area contributed by atoms with Crippen LogP contribution in [0.2, 0.25) is 0 Å². The van der Waals surface area contributed by atoms with Crippen molar-refractivity contribution in [1.82, 2.24) is 4.98 Å². The molecule has 0 bridgehead atoms. The molecule has 0 spiro atoms. The average Bonchev–Trinajstić information content (AvgIpc) is 2.69. The molecule has 2 rings (SSSR count). The molecule has 102 valence electrons. The van der Waals surface area contributed by atoms with Crippen LogP contribution in [-0.2, 0) is 17.6 Å². The molecule has 0 saturated heterocycles. The Morgan fingerprint density at radius 1 is 1.67 bits per heavy atom. The number of halogens is 1. The fourth-order valence-corrected chi connectivity index (χ4v) is 3.19. The van der Waals surface area contributed by atoms with E-state index in [4.69, 9.17) is 5.73 Å². The molecule has 6 heteroatoms. The number of aryl methyl sites for hydroxylation is 1. The van der Waals surface area contributed by atoms with Crippen LogP contribution in [0.4, 0.5) is 5.13 Å². The van der Waals surface area contributed by atoms with E-state index in [1.165, 1.54) is 23.4 Å². The topological polar surface area (TPSA) is 68.0 Å². The summed E-state index contributed by atoms with van der Waals surface area (Å²) in [5.41, 5.74) is 6.68. The Bertz CT molecular complexity index is 419. The molecule has 18 heavy (non-hydrogen) atoms. The van der Waals surface area contributed by atoms with E-state index in [2.05, 4.69) is 17.2 Å². The van der Waals surface area contributed by atoms with Gasteiger partial charge < -0.3 is 11.1 Å². The summed E-state index contributed by atoms with van der Waals surface area (Å²) in [6.07, 6.45) is 4.59. The van der Waals surface area contributed by atoms with E-state index in [1.807, 2.05) is 0 Å². The highest BCUT2D eigenvalue weighted by Gasteiger charge is 2.22. The highest BCUT2D eigenvalue weighted by atomic mass is 35.5. The van der Waals surface area contributed by atoms with Gasteiger partial charge in [-0.05, 0) is 32.1 Å². The van der Waals surface area contributed by atoms with Gasteiger partial charge in [-0.1, -0.05) is 13.3 Å². The van der Waals surface area contributed by atoms with Gasteiger partial charge in [-0.3, -0.25) is 4.79 Å². The van der Waals surface area contributed by atoms with Crippen molar-refractivity contribution in [3.63, 3.8) is 0 Å². The van der Waals surface area contributed by atoms with Crippen LogP contribution in [0.1, 0.15) is 37.3 Å². The molecule has 1 amide bonds. The van der Waals surface area contributed by atoms with E-state index in [1.54, 1.807) is 18.3 Å². The van der Waals surface area contributed by atoms with Gasteiger partial charge in [-0.25, -0.2) is 4.98 Å². The molecular weight excluding hydrogens is 270 g/mol. The summed E-state index contributed by atoms with van der Waals surface area (Å²) in [5.74, 6) is 0.614. The Hall–Kier alpha value is -0.650. The Morgan fingerprint density at radius 3 is 3.00 bits per heavy atom. The number of nitrogens with zero attached hydrogens (tertiary/aromatic N) is 1. The highest BCUT2D eigenvalue weighted by Crippen LogP contribution is 2.33. The predicted octanol–water partition coefficient (Wildman–Crippen LogP) is 2.37. The zero-order valence-electron chi connectivity index (χ0n) is 10.7. The predicted molar refractivity (Wildman–Crippen MR) is 77.4 cm³/mol. The van der Waals surface area contributed by atoms with E-state index in [9.17, 15) is 4.79 Å². The normalized spacial score (nSPS) is 19.6. The number of rotatable bonds is 3. The number of hydrogen-bond acceptors (Lipinski definition) is 4. The third-order valence-electron chi connectivity index (χ3n) is 3.26. The van der Waals surface area contributed by atoms with Gasteiger partial charge in [-0.2, -0.15) is 0 Å². The van der Waals surface area contributed by atoms with Crippen LogP contribution in [0.25, 0.3) is 0 Å². The zero-order valence-corrected chi connectivity index (χ0v) is 12.4. The maximum absolute atomic E-state index is 11.5. The van der Waals surface area contributed by atoms with E-state index >= 15 is 0 Å². The van der Waals surface area contributed by atoms with Crippen LogP contribution in [0.5, 0.6) is 0 Å². The molecule has 3 N–H and O–H groups in total. The van der Waals surface area contributed by atoms with Crippen LogP contribution in [0.3, 0.4) is 0 Å². The van der Waals surface area contributed by atoms with Gasteiger partial charge in [0.1, 0.15) is 0 Å². The molecule has 4 nitrogen and oxygen atoms in total. The van der Waals surface area contributed by atoms with Gasteiger partial charge in [0.15, 0.2) is 5.13 Å². The Kier molecular flexibility index (Phi) is 5.56. The van der Waals surface area contributed by atoms with Crippen molar-refractivity contribution >= 4 is 34.8 Å². The summed E-state index contributed by atoms with van der Waals surface area (Å²) >= 11 is 1.60. The number of anilines is 1. The SMILES string of the molecule is CCC1CCc2nc(NC(=O)C(C)N)sc2C1.Cl. The quantitative estimate of drug-likeness (QED) is 0.897. The molecule has 1 aromatic rings. The third kappa shape index (κ3) is 3.43. The van der Waals surface area contributed by atoms with Crippen molar-refractivity contribution in [1.29, 1.82) is 0 Å². The van der Waals surface area contributed by atoms with E-state index in [-0.39, 0.29) is 18.3 Å². The number of carbonyl (C=O) groups is 1. The molecule has 1 heterocycles. The molecule has 0 radical (unpaired) electrons. The van der Waals surface area contributed by atoms with Gasteiger partial charge in [0.05, 0.1) is 11.7 Å². The van der Waals surface area contributed by atoms with Gasteiger partial charge in [0, 0.05) is 4.88 Å². The average molecular weight is 290 g/mol. The number of amides is 1. The standard InChI is InChI=1S/C12H19N3OS.ClH/c1-3-8-4-5-9-10(6-8)17-12(14-9)15-11(16)7(2)13;/h7-8H,3-6,13H2,1-2H3,(H,14,15,16);1H. The second-order valence-corrected chi connectivity index (χ2v) is 5.77. The fourth-order valence-electron chi connectivity index (χ4n) is 2.06. The number of carbonyl (C=O) groups excluding carboxylic acids is 1. The first-order valence-electron chi connectivity index (χ1n) is 6.15. The molecule has 1 aliphatic rings. The fraction of sp³-hybridized carbons (Fsp3) is 0.667. The largest absolute Gasteiger partial charge is 0.320 e. The lowest BCUT2D eigenvalue weighted by molar-refractivity contribution is -0.117. The van der Waals surface area contributed by atoms with Crippen LogP contribution in [-0.4, -0.2) is 16.9 Å². The summed E-state index contributed by atoms with van der Waals surface area (Å²) in [6.45, 7) is 3.91. The van der Waals surface area contributed by atoms with Crippen molar-refractivity contribution in [2.45, 2.75) is 45.6 Å². The van der Waals surface area contributed by atoms with E-state index in [0.29, 0.717) is 5.13 Å². The maximum Gasteiger partial charge on any atom is 0.242 e. The maximum atomic E-state index is 11.5. The van der Waals surface area contributed by atoms with Crippen LogP contribution in [0, 0.1) is 5.92 Å². The van der Waals surface area contributed by atoms with E-state index < -0.39 is 6.04 Å². The number of nitrogens with two attached hydrogens (primary N) is 1. The first-order valence-corrected chi connectivity index (χ1v) is 6.96. The Labute approximate surface area is 118 Å². The van der Waals surface area contributed by atoms with Crippen molar-refractivity contribution in [2.75, 3.05) is 5.32 Å². The second-order valence-electron chi connectivity index (χ2n) is 4.68. The van der Waals surface area contributed by atoms with Crippen molar-refractivity contribution in [3.8, 4) is 0 Å². The van der Waals surface area contributed by atoms with E-state index in [0.717, 1.165) is 18.8 Å². The van der Waals surface area contributed by atoms with Gasteiger partial charge in [0.25, 0.3) is 0 Å². The monoisotopic (exact) mass is 289 g/mol. The molecule has 0 saturated carbocycles. The van der Waals surface area contributed by atoms with Crippen molar-refractivity contribution < 1.29 is 4.79 Å². The molecule has 2 unspecified atom stereocenters. The number of aromatic nitrogens is 1. The van der Waals surface area contributed by atoms with Crippen LogP contribution < -0.4 is 11.1 Å². The molecule has 1 aromatic heterocycles. The summed E-state index contributed by atoms with van der Waals surface area (Å²) in [4.78, 5) is 17.3. The number of thiazole rings is 1. The first-order chi connectivity index (χ1) is 8.10. The second kappa shape index (κ2) is 6.50. The third-order valence-corrected chi connectivity index (χ3v) is 4.30. The number of hydrogen-bond donors (Lipinski definition) is 2. The van der Waals surface area contributed by atoms with Gasteiger partial charge in [-0.15, -0.1) is 23.7 Å². The minimum Gasteiger partial charge on any atom is -0.320 e. The molecular formula is C12H20ClN3OS. The van der Waals surface area contributed by atoms with Gasteiger partial charge in [0.2, 0.25) is 5.91 Å². The van der Waals surface area contributed by atoms with Crippen LogP contribution in [0.15, 0.2) is 0 Å². The summed E-state index contributed by atoms with van der Waals surface area (Å²) in [5, 5.41) is 3.48. The lowest BCUT2D eigenvalue weighted by Crippen LogP contribution is -2.32. The number of nitrogens with one attached hydrogen (secondary N) is 1. The summed E-state index contributed by atoms with van der Waals surface area (Å²) in [6, 6.07) is -0.487. The summed E-state index contributed by atoms with van der Waals surface area (Å²) in [7, 11) is 0. The molecule has 2 atom stereocenters. The minimum atomic E-state index is -0.487. The Morgan fingerprint density at radius 2 is 2.39 bits per heavy atom. The minimum absolute atomic E-state index is 0. The molecule has 1 aliphatic carbocycles. The van der Waals surface area contributed by atoms with Crippen LogP contribution >= 0.6 is 23.7 Å². The van der Waals surface area contributed by atoms with Crippen molar-refractivity contribution in [2.24, 2.45) is 11.7 Å². The highest BCUT2D eigenvalue weighted by molar-refractivity contribution is 7.15. The van der Waals surface area contributed by atoms with Crippen molar-refractivity contribution in [3.05, 3.63) is 10.6 Å². The molecule has 0 aromatic carbocycles. The molecule has 0 aliphatic heterocycles. The number of fused-ring (bicyclic) bond motifs is 1. The Balaban J connectivity index is 0.00000162. The first kappa shape index (κ1) is 15.4. The van der Waals surface area contributed by atoms with Gasteiger partial charge >= 0.3 is 0 Å². The lowest BCUT2D eigenvalue weighted by Gasteiger charge is -2.18. The molecule has 0 fully saturated rings. The lowest BCUT2D eigenvalue weighted by atomic mass is 9.89. The smallest absolute Gasteiger partial charge is 0.242 e. The zero-order chi connectivity index (χ0) is 12.4. The summed E-state index contributed by atoms with van der Waals surface area (Å²) < 4.78 is 0.